The number of pyridine rings is 1. The second-order valence-corrected chi connectivity index (χ2v) is 11.2. The van der Waals surface area contributed by atoms with Crippen LogP contribution < -0.4 is 5.32 Å². The molecule has 1 aliphatic heterocycles. The highest BCUT2D eigenvalue weighted by Gasteiger charge is 2.46. The molecule has 0 aliphatic carbocycles. The molecule has 1 amide bonds. The predicted molar refractivity (Wildman–Crippen MR) is 112 cm³/mol. The third kappa shape index (κ3) is 3.79. The van der Waals surface area contributed by atoms with Crippen molar-refractivity contribution in [2.24, 2.45) is 0 Å². The fourth-order valence-electron chi connectivity index (χ4n) is 3.58. The molecule has 3 aromatic rings. The van der Waals surface area contributed by atoms with E-state index in [0.717, 1.165) is 12.1 Å². The highest BCUT2D eigenvalue weighted by Crippen LogP contribution is 2.45. The van der Waals surface area contributed by atoms with Crippen LogP contribution in [0.25, 0.3) is 0 Å². The van der Waals surface area contributed by atoms with Gasteiger partial charge in [-0.05, 0) is 35.9 Å². The minimum absolute atomic E-state index is 0.0619. The molecule has 2 N–H and O–H groups in total. The van der Waals surface area contributed by atoms with Crippen molar-refractivity contribution in [3.05, 3.63) is 83.7 Å². The first-order chi connectivity index (χ1) is 14.7. The maximum atomic E-state index is 13.3. The number of nitrogens with zero attached hydrogens (tertiary/aromatic N) is 1. The predicted octanol–water partition coefficient (Wildman–Crippen LogP) is 2.02. The number of carbonyl (C=O) groups excluding carboxylic acids is 1. The van der Waals surface area contributed by atoms with Crippen molar-refractivity contribution in [3.8, 4) is 5.75 Å². The van der Waals surface area contributed by atoms with Gasteiger partial charge in [-0.15, -0.1) is 0 Å². The molecular formula is C21H18N2O6S2. The smallest absolute Gasteiger partial charge is 0.255 e. The number of phenolic OH excluding ortho intramolecular Hbond substituents is 1. The number of rotatable bonds is 5. The molecule has 0 saturated carbocycles. The lowest BCUT2D eigenvalue weighted by molar-refractivity contribution is 0.0947. The number of sulfone groups is 2. The zero-order chi connectivity index (χ0) is 22.2. The van der Waals surface area contributed by atoms with Gasteiger partial charge in [0.15, 0.2) is 19.7 Å². The molecular weight excluding hydrogens is 440 g/mol. The van der Waals surface area contributed by atoms with Crippen LogP contribution >= 0.6 is 0 Å². The normalized spacial score (nSPS) is 17.1. The fourth-order valence-corrected chi connectivity index (χ4v) is 7.93. The molecule has 1 aromatic heterocycles. The monoisotopic (exact) mass is 458 g/mol. The highest BCUT2D eigenvalue weighted by molar-refractivity contribution is 7.96. The van der Waals surface area contributed by atoms with E-state index in [9.17, 15) is 26.7 Å². The summed E-state index contributed by atoms with van der Waals surface area (Å²) in [6, 6.07) is 13.1. The summed E-state index contributed by atoms with van der Waals surface area (Å²) in [6.45, 7) is 0.0681. The van der Waals surface area contributed by atoms with E-state index in [0.29, 0.717) is 5.56 Å². The standard InChI is InChI=1S/C21H18N2O6S2/c24-16-8-9-17-20(19(16)21(25)23-12-14-5-4-10-22-11-14)18(13-30(17,26)27)31(28,29)15-6-2-1-3-7-15/h1-11,18,24H,12-13H2,(H,23,25). The molecule has 1 unspecified atom stereocenters. The molecule has 160 valence electrons. The van der Waals surface area contributed by atoms with Crippen LogP contribution in [-0.2, 0) is 26.2 Å². The van der Waals surface area contributed by atoms with Gasteiger partial charge in [-0.3, -0.25) is 9.78 Å². The van der Waals surface area contributed by atoms with Crippen molar-refractivity contribution in [2.75, 3.05) is 5.75 Å². The summed E-state index contributed by atoms with van der Waals surface area (Å²) >= 11 is 0. The van der Waals surface area contributed by atoms with Crippen LogP contribution in [0, 0.1) is 0 Å². The summed E-state index contributed by atoms with van der Waals surface area (Å²) < 4.78 is 52.0. The molecule has 31 heavy (non-hydrogen) atoms. The first-order valence-corrected chi connectivity index (χ1v) is 12.5. The van der Waals surface area contributed by atoms with Gasteiger partial charge >= 0.3 is 0 Å². The molecule has 2 heterocycles. The van der Waals surface area contributed by atoms with Crippen LogP contribution in [-0.4, -0.2) is 38.6 Å². The van der Waals surface area contributed by atoms with Gasteiger partial charge in [0.25, 0.3) is 5.91 Å². The minimum Gasteiger partial charge on any atom is -0.507 e. The van der Waals surface area contributed by atoms with Gasteiger partial charge in [-0.1, -0.05) is 24.3 Å². The van der Waals surface area contributed by atoms with Crippen LogP contribution in [0.5, 0.6) is 5.75 Å². The van der Waals surface area contributed by atoms with Crippen LogP contribution in [0.2, 0.25) is 0 Å². The van der Waals surface area contributed by atoms with E-state index in [1.165, 1.54) is 24.3 Å². The molecule has 2 aromatic carbocycles. The summed E-state index contributed by atoms with van der Waals surface area (Å²) in [4.78, 5) is 16.6. The number of carbonyl (C=O) groups is 1. The molecule has 0 radical (unpaired) electrons. The Labute approximate surface area is 179 Å². The summed E-state index contributed by atoms with van der Waals surface area (Å²) in [5.74, 6) is -1.97. The van der Waals surface area contributed by atoms with E-state index >= 15 is 0 Å². The van der Waals surface area contributed by atoms with Gasteiger partial charge in [-0.25, -0.2) is 16.8 Å². The number of fused-ring (bicyclic) bond motifs is 1. The molecule has 0 bridgehead atoms. The van der Waals surface area contributed by atoms with Crippen molar-refractivity contribution in [2.45, 2.75) is 21.6 Å². The molecule has 4 rings (SSSR count). The number of aromatic hydroxyl groups is 1. The number of hydrogen-bond acceptors (Lipinski definition) is 7. The molecule has 8 nitrogen and oxygen atoms in total. The van der Waals surface area contributed by atoms with Crippen molar-refractivity contribution >= 4 is 25.6 Å². The average molecular weight is 459 g/mol. The van der Waals surface area contributed by atoms with Gasteiger partial charge < -0.3 is 10.4 Å². The Balaban J connectivity index is 1.81. The number of phenols is 1. The lowest BCUT2D eigenvalue weighted by Crippen LogP contribution is -2.26. The Kier molecular flexibility index (Phi) is 5.28. The molecule has 0 spiro atoms. The third-order valence-electron chi connectivity index (χ3n) is 5.06. The van der Waals surface area contributed by atoms with E-state index in [4.69, 9.17) is 0 Å². The molecule has 1 aliphatic rings. The van der Waals surface area contributed by atoms with Gasteiger partial charge in [0, 0.05) is 24.5 Å². The Morgan fingerprint density at radius 2 is 1.84 bits per heavy atom. The number of nitrogens with one attached hydrogen (secondary N) is 1. The van der Waals surface area contributed by atoms with Crippen molar-refractivity contribution in [1.29, 1.82) is 0 Å². The van der Waals surface area contributed by atoms with Crippen LogP contribution in [0.1, 0.15) is 26.7 Å². The zero-order valence-corrected chi connectivity index (χ0v) is 17.7. The second-order valence-electron chi connectivity index (χ2n) is 7.04. The summed E-state index contributed by atoms with van der Waals surface area (Å²) in [6.07, 6.45) is 3.12. The second kappa shape index (κ2) is 7.78. The van der Waals surface area contributed by atoms with Crippen molar-refractivity contribution in [3.63, 3.8) is 0 Å². The largest absolute Gasteiger partial charge is 0.507 e. The fraction of sp³-hybridized carbons (Fsp3) is 0.143. The van der Waals surface area contributed by atoms with E-state index in [2.05, 4.69) is 10.3 Å². The van der Waals surface area contributed by atoms with Gasteiger partial charge in [-0.2, -0.15) is 0 Å². The summed E-state index contributed by atoms with van der Waals surface area (Å²) in [5, 5.41) is 11.5. The van der Waals surface area contributed by atoms with Gasteiger partial charge in [0.2, 0.25) is 0 Å². The highest BCUT2D eigenvalue weighted by atomic mass is 32.2. The van der Waals surface area contributed by atoms with Gasteiger partial charge in [0.05, 0.1) is 21.1 Å². The Hall–Kier alpha value is -3.24. The molecule has 1 atom stereocenters. The maximum Gasteiger partial charge on any atom is 0.255 e. The van der Waals surface area contributed by atoms with E-state index < -0.39 is 42.3 Å². The topological polar surface area (TPSA) is 130 Å². The zero-order valence-electron chi connectivity index (χ0n) is 16.1. The molecule has 0 saturated heterocycles. The maximum absolute atomic E-state index is 13.3. The number of aromatic nitrogens is 1. The van der Waals surface area contributed by atoms with Crippen LogP contribution in [0.3, 0.4) is 0 Å². The Morgan fingerprint density at radius 1 is 1.10 bits per heavy atom. The van der Waals surface area contributed by atoms with Crippen molar-refractivity contribution < 1.29 is 26.7 Å². The molecule has 0 fully saturated rings. The first-order valence-electron chi connectivity index (χ1n) is 9.26. The number of amides is 1. The Morgan fingerprint density at radius 3 is 2.52 bits per heavy atom. The SMILES string of the molecule is O=C(NCc1cccnc1)c1c(O)ccc2c1C(S(=O)(=O)c1ccccc1)CS2(=O)=O. The van der Waals surface area contributed by atoms with E-state index in [1.807, 2.05) is 0 Å². The Bertz CT molecular complexity index is 1360. The summed E-state index contributed by atoms with van der Waals surface area (Å²) in [7, 11) is -8.11. The summed E-state index contributed by atoms with van der Waals surface area (Å²) in [5.41, 5.74) is 0.128. The average Bonchev–Trinajstić information content (AvgIpc) is 3.04. The minimum atomic E-state index is -4.14. The first kappa shape index (κ1) is 21.0. The van der Waals surface area contributed by atoms with Crippen LogP contribution in [0.15, 0.2) is 76.8 Å². The molecule has 10 heteroatoms. The quantitative estimate of drug-likeness (QED) is 0.598. The third-order valence-corrected chi connectivity index (χ3v) is 9.15. The van der Waals surface area contributed by atoms with E-state index in [-0.39, 0.29) is 27.5 Å². The van der Waals surface area contributed by atoms with Crippen molar-refractivity contribution in [1.82, 2.24) is 10.3 Å². The lowest BCUT2D eigenvalue weighted by Gasteiger charge is -2.16. The van der Waals surface area contributed by atoms with Gasteiger partial charge in [0.1, 0.15) is 11.0 Å². The van der Waals surface area contributed by atoms with E-state index in [1.54, 1.807) is 30.6 Å². The number of hydrogen-bond donors (Lipinski definition) is 2. The van der Waals surface area contributed by atoms with Crippen LogP contribution in [0.4, 0.5) is 0 Å². The lowest BCUT2D eigenvalue weighted by atomic mass is 10.0. The number of benzene rings is 2.